The van der Waals surface area contributed by atoms with Crippen LogP contribution in [0.3, 0.4) is 0 Å². The molecule has 8 nitrogen and oxygen atoms in total. The van der Waals surface area contributed by atoms with Gasteiger partial charge in [-0.25, -0.2) is 0 Å². The first kappa shape index (κ1) is 33.2. The Balaban J connectivity index is 0.000000152. The number of amides is 4. The van der Waals surface area contributed by atoms with Crippen molar-refractivity contribution in [2.45, 2.75) is 46.2 Å². The Labute approximate surface area is 303 Å². The predicted octanol–water partition coefficient (Wildman–Crippen LogP) is 7.26. The molecule has 4 N–H and O–H groups in total. The molecule has 2 saturated heterocycles. The van der Waals surface area contributed by atoms with E-state index in [-0.39, 0.29) is 46.2 Å². The van der Waals surface area contributed by atoms with E-state index in [1.165, 1.54) is 52.6 Å². The quantitative estimate of drug-likeness (QED) is 0.208. The maximum Gasteiger partial charge on any atom is 0.263 e. The average Bonchev–Trinajstić information content (AvgIpc) is 3.05. The topological polar surface area (TPSA) is 116 Å². The van der Waals surface area contributed by atoms with Crippen molar-refractivity contribution in [3.05, 3.63) is 114 Å². The van der Waals surface area contributed by atoms with Crippen LogP contribution < -0.4 is 21.3 Å². The van der Waals surface area contributed by atoms with Crippen molar-refractivity contribution in [1.29, 1.82) is 0 Å². The molecule has 2 aromatic carbocycles. The van der Waals surface area contributed by atoms with Crippen molar-refractivity contribution >= 4 is 105 Å². The third-order valence-electron chi connectivity index (χ3n) is 7.83. The largest absolute Gasteiger partial charge is 0.344 e. The standard InChI is InChI=1S/C18H16N2O2S2.C16H10Cl2N2O2S2/c1-9-3-5-11-13(7-9)23-15(17(21)19-11)16-18(22)20-12-6-4-10(2)8-14(12)24-16;17-7-1-3-9-11(5-7)23-13(15(21)19-9)14-16(22)20-10-4-2-8(18)6-12(10)24-14/h3-8,11,13H,1-2H3,(H,19,21)(H,20,22);1-6,9,11H,(H,19,21)(H,20,22)/b16-15+;14-13+. The van der Waals surface area contributed by atoms with Crippen LogP contribution in [0, 0.1) is 6.92 Å². The SMILES string of the molecule is CC1=CC2S/C(=C3/Sc4cc(C)ccc4NC3=O)C(=O)NC2C=C1.O=C1Nc2ccc(Cl)cc2S/C1=C1/SC2C=C(Cl)C=CC2NC1=O. The number of fused-ring (bicyclic) bond motifs is 4. The molecule has 244 valence electrons. The summed E-state index contributed by atoms with van der Waals surface area (Å²) >= 11 is 17.5. The van der Waals surface area contributed by atoms with E-state index < -0.39 is 0 Å². The summed E-state index contributed by atoms with van der Waals surface area (Å²) in [5.41, 5.74) is 3.79. The van der Waals surface area contributed by atoms with Crippen LogP contribution >= 0.6 is 70.2 Å². The second kappa shape index (κ2) is 13.6. The predicted molar refractivity (Wildman–Crippen MR) is 198 cm³/mol. The van der Waals surface area contributed by atoms with Gasteiger partial charge in [0.15, 0.2) is 0 Å². The fourth-order valence-corrected chi connectivity index (χ4v) is 10.9. The monoisotopic (exact) mass is 752 g/mol. The zero-order valence-corrected chi connectivity index (χ0v) is 30.0. The van der Waals surface area contributed by atoms with Crippen LogP contribution in [0.2, 0.25) is 5.02 Å². The van der Waals surface area contributed by atoms with E-state index in [1.807, 2.05) is 56.4 Å². The molecule has 0 aromatic heterocycles. The first-order valence-corrected chi connectivity index (χ1v) is 18.9. The highest BCUT2D eigenvalue weighted by atomic mass is 35.5. The Morgan fingerprint density at radius 2 is 1.17 bits per heavy atom. The van der Waals surface area contributed by atoms with E-state index in [1.54, 1.807) is 24.3 Å². The van der Waals surface area contributed by atoms with Gasteiger partial charge in [-0.3, -0.25) is 19.2 Å². The van der Waals surface area contributed by atoms with Gasteiger partial charge >= 0.3 is 0 Å². The lowest BCUT2D eigenvalue weighted by Crippen LogP contribution is -2.46. The zero-order chi connectivity index (χ0) is 33.7. The third kappa shape index (κ3) is 6.79. The van der Waals surface area contributed by atoms with Crippen LogP contribution in [0.1, 0.15) is 12.5 Å². The molecule has 4 atom stereocenters. The van der Waals surface area contributed by atoms with Gasteiger partial charge < -0.3 is 21.3 Å². The van der Waals surface area contributed by atoms with Crippen molar-refractivity contribution in [3.8, 4) is 0 Å². The lowest BCUT2D eigenvalue weighted by atomic mass is 10.0. The maximum atomic E-state index is 12.5. The molecule has 2 aromatic rings. The Morgan fingerprint density at radius 1 is 0.625 bits per heavy atom. The highest BCUT2D eigenvalue weighted by molar-refractivity contribution is 8.09. The number of nitrogens with one attached hydrogen (secondary N) is 4. The van der Waals surface area contributed by atoms with Gasteiger partial charge in [-0.05, 0) is 55.8 Å². The number of carbonyl (C=O) groups excluding carboxylic acids is 4. The van der Waals surface area contributed by atoms with Gasteiger partial charge in [-0.2, -0.15) is 0 Å². The van der Waals surface area contributed by atoms with Gasteiger partial charge in [-0.15, -0.1) is 23.5 Å². The second-order valence-electron chi connectivity index (χ2n) is 11.4. The summed E-state index contributed by atoms with van der Waals surface area (Å²) in [5.74, 6) is -0.917. The summed E-state index contributed by atoms with van der Waals surface area (Å²) in [6.07, 6.45) is 11.7. The molecule has 8 rings (SSSR count). The van der Waals surface area contributed by atoms with Crippen LogP contribution in [-0.2, 0) is 19.2 Å². The fourth-order valence-electron chi connectivity index (χ4n) is 5.48. The van der Waals surface area contributed by atoms with Crippen molar-refractivity contribution in [1.82, 2.24) is 10.6 Å². The Hall–Kier alpha value is -3.26. The molecule has 4 amide bonds. The summed E-state index contributed by atoms with van der Waals surface area (Å²) < 4.78 is 0. The first-order valence-electron chi connectivity index (χ1n) is 14.8. The molecule has 48 heavy (non-hydrogen) atoms. The summed E-state index contributed by atoms with van der Waals surface area (Å²) in [6.45, 7) is 4.05. The van der Waals surface area contributed by atoms with Gasteiger partial charge in [0.1, 0.15) is 0 Å². The van der Waals surface area contributed by atoms with Gasteiger partial charge in [0, 0.05) is 19.8 Å². The van der Waals surface area contributed by atoms with Crippen LogP contribution in [0.15, 0.2) is 113 Å². The molecule has 2 fully saturated rings. The van der Waals surface area contributed by atoms with Crippen molar-refractivity contribution in [3.63, 3.8) is 0 Å². The molecule has 6 aliphatic rings. The van der Waals surface area contributed by atoms with E-state index in [4.69, 9.17) is 23.2 Å². The van der Waals surface area contributed by atoms with Crippen molar-refractivity contribution in [2.24, 2.45) is 0 Å². The number of rotatable bonds is 0. The number of benzene rings is 2. The van der Waals surface area contributed by atoms with Crippen LogP contribution in [0.25, 0.3) is 0 Å². The number of allylic oxidation sites excluding steroid dienone is 4. The molecule has 4 unspecified atom stereocenters. The minimum absolute atomic E-state index is 0.0123. The molecular formula is C34H26Cl2N4O4S4. The van der Waals surface area contributed by atoms with E-state index in [0.717, 1.165) is 21.0 Å². The third-order valence-corrected chi connectivity index (χ3v) is 13.5. The normalized spacial score (nSPS) is 28.5. The molecule has 0 radical (unpaired) electrons. The van der Waals surface area contributed by atoms with Gasteiger partial charge in [0.05, 0.1) is 53.6 Å². The summed E-state index contributed by atoms with van der Waals surface area (Å²) in [7, 11) is 0. The van der Waals surface area contributed by atoms with Crippen LogP contribution in [0.5, 0.6) is 0 Å². The first-order chi connectivity index (χ1) is 23.0. The zero-order valence-electron chi connectivity index (χ0n) is 25.3. The van der Waals surface area contributed by atoms with E-state index >= 15 is 0 Å². The highest BCUT2D eigenvalue weighted by Crippen LogP contribution is 2.46. The molecule has 0 spiro atoms. The smallest absolute Gasteiger partial charge is 0.263 e. The number of carbonyl (C=O) groups is 4. The molecule has 4 heterocycles. The fraction of sp³-hybridized carbons (Fsp3) is 0.176. The molecule has 2 aliphatic carbocycles. The Bertz CT molecular complexity index is 1860. The number of thioether (sulfide) groups is 4. The lowest BCUT2D eigenvalue weighted by Gasteiger charge is -2.33. The maximum absolute atomic E-state index is 12.5. The van der Waals surface area contributed by atoms with Gasteiger partial charge in [0.2, 0.25) is 0 Å². The molecule has 14 heteroatoms. The van der Waals surface area contributed by atoms with E-state index in [0.29, 0.717) is 35.4 Å². The summed E-state index contributed by atoms with van der Waals surface area (Å²) in [4.78, 5) is 53.5. The Kier molecular flexibility index (Phi) is 9.40. The molecule has 0 bridgehead atoms. The molecule has 0 saturated carbocycles. The lowest BCUT2D eigenvalue weighted by molar-refractivity contribution is -0.118. The summed E-state index contributed by atoms with van der Waals surface area (Å²) in [5, 5.41) is 12.9. The van der Waals surface area contributed by atoms with Crippen LogP contribution in [-0.4, -0.2) is 46.2 Å². The average molecular weight is 754 g/mol. The summed E-state index contributed by atoms with van der Waals surface area (Å²) in [6, 6.07) is 11.0. The van der Waals surface area contributed by atoms with Crippen molar-refractivity contribution in [2.75, 3.05) is 10.6 Å². The number of halogens is 2. The van der Waals surface area contributed by atoms with Crippen LogP contribution in [0.4, 0.5) is 11.4 Å². The van der Waals surface area contributed by atoms with Crippen molar-refractivity contribution < 1.29 is 19.2 Å². The second-order valence-corrected chi connectivity index (χ2v) is 16.8. The van der Waals surface area contributed by atoms with E-state index in [9.17, 15) is 19.2 Å². The van der Waals surface area contributed by atoms with E-state index in [2.05, 4.69) is 27.3 Å². The number of hydrogen-bond acceptors (Lipinski definition) is 8. The molecular weight excluding hydrogens is 728 g/mol. The Morgan fingerprint density at radius 3 is 1.79 bits per heavy atom. The number of aryl methyl sites for hydroxylation is 1. The number of hydrogen-bond donors (Lipinski definition) is 4. The van der Waals surface area contributed by atoms with Gasteiger partial charge in [0.25, 0.3) is 23.6 Å². The van der Waals surface area contributed by atoms with Gasteiger partial charge in [-0.1, -0.05) is 88.7 Å². The minimum Gasteiger partial charge on any atom is -0.344 e. The highest BCUT2D eigenvalue weighted by Gasteiger charge is 2.38. The molecule has 4 aliphatic heterocycles. The minimum atomic E-state index is -0.285. The number of anilines is 2.